The van der Waals surface area contributed by atoms with Gasteiger partial charge in [0.05, 0.1) is 11.5 Å². The summed E-state index contributed by atoms with van der Waals surface area (Å²) in [7, 11) is -2.75. The molecule has 0 aromatic rings. The maximum atomic E-state index is 11.3. The summed E-state index contributed by atoms with van der Waals surface area (Å²) in [4.78, 5) is 0. The van der Waals surface area contributed by atoms with Gasteiger partial charge in [0.2, 0.25) is 0 Å². The monoisotopic (exact) mass is 238 g/mol. The molecule has 0 saturated carbocycles. The van der Waals surface area contributed by atoms with Crippen LogP contribution in [0.3, 0.4) is 0 Å². The third-order valence-electron chi connectivity index (χ3n) is 3.43. The first kappa shape index (κ1) is 12.3. The van der Waals surface area contributed by atoms with Crippen LogP contribution in [0.15, 0.2) is 0 Å². The summed E-state index contributed by atoms with van der Waals surface area (Å²) in [6.07, 6.45) is 1.89. The van der Waals surface area contributed by atoms with Crippen molar-refractivity contribution in [3.63, 3.8) is 0 Å². The second kappa shape index (κ2) is 4.84. The van der Waals surface area contributed by atoms with E-state index in [2.05, 4.69) is 13.8 Å². The first-order chi connectivity index (χ1) is 6.50. The van der Waals surface area contributed by atoms with E-state index in [1.165, 1.54) is 0 Å². The molecule has 0 radical (unpaired) electrons. The van der Waals surface area contributed by atoms with E-state index in [-0.39, 0.29) is 0 Å². The smallest absolute Gasteiger partial charge is 0.150 e. The normalized spacial score (nSPS) is 30.1. The van der Waals surface area contributed by atoms with Crippen molar-refractivity contribution in [2.45, 2.75) is 26.7 Å². The van der Waals surface area contributed by atoms with Crippen LogP contribution < -0.4 is 0 Å². The molecule has 0 N–H and O–H groups in total. The van der Waals surface area contributed by atoms with Gasteiger partial charge in [0, 0.05) is 5.88 Å². The summed E-state index contributed by atoms with van der Waals surface area (Å²) in [6, 6.07) is 0. The molecule has 1 heterocycles. The average molecular weight is 239 g/mol. The fraction of sp³-hybridized carbons (Fsp3) is 1.00. The molecular weight excluding hydrogens is 220 g/mol. The molecule has 1 aliphatic heterocycles. The molecule has 3 atom stereocenters. The molecular formula is C10H19ClO2S. The van der Waals surface area contributed by atoms with Crippen molar-refractivity contribution in [3.05, 3.63) is 0 Å². The average Bonchev–Trinajstić information content (AvgIpc) is 2.47. The maximum absolute atomic E-state index is 11.3. The Morgan fingerprint density at radius 3 is 2.50 bits per heavy atom. The minimum Gasteiger partial charge on any atom is -0.229 e. The Labute approximate surface area is 91.9 Å². The minimum absolute atomic E-state index is 0.299. The second-order valence-corrected chi connectivity index (χ2v) is 6.90. The molecule has 0 amide bonds. The molecule has 3 unspecified atom stereocenters. The molecule has 14 heavy (non-hydrogen) atoms. The Hall–Kier alpha value is 0.240. The Balaban J connectivity index is 2.64. The minimum atomic E-state index is -2.75. The zero-order valence-electron chi connectivity index (χ0n) is 8.87. The van der Waals surface area contributed by atoms with Crippen LogP contribution >= 0.6 is 11.6 Å². The number of hydrogen-bond donors (Lipinski definition) is 0. The van der Waals surface area contributed by atoms with Crippen LogP contribution in [0.4, 0.5) is 0 Å². The van der Waals surface area contributed by atoms with Gasteiger partial charge in [-0.3, -0.25) is 0 Å². The van der Waals surface area contributed by atoms with E-state index < -0.39 is 9.84 Å². The summed E-state index contributed by atoms with van der Waals surface area (Å²) in [5, 5.41) is 0. The number of halogens is 1. The lowest BCUT2D eigenvalue weighted by molar-refractivity contribution is 0.281. The molecule has 1 saturated heterocycles. The molecule has 4 heteroatoms. The number of rotatable bonds is 4. The highest BCUT2D eigenvalue weighted by atomic mass is 35.5. The van der Waals surface area contributed by atoms with Crippen LogP contribution in [0, 0.1) is 17.8 Å². The summed E-state index contributed by atoms with van der Waals surface area (Å²) < 4.78 is 22.7. The number of hydrogen-bond acceptors (Lipinski definition) is 2. The van der Waals surface area contributed by atoms with Crippen LogP contribution in [0.1, 0.15) is 26.7 Å². The van der Waals surface area contributed by atoms with Gasteiger partial charge in [0.25, 0.3) is 0 Å². The highest BCUT2D eigenvalue weighted by molar-refractivity contribution is 7.91. The zero-order chi connectivity index (χ0) is 10.8. The topological polar surface area (TPSA) is 34.1 Å². The Kier molecular flexibility index (Phi) is 4.26. The molecule has 0 bridgehead atoms. The second-order valence-electron chi connectivity index (χ2n) is 4.37. The van der Waals surface area contributed by atoms with E-state index in [9.17, 15) is 8.42 Å². The fourth-order valence-electron chi connectivity index (χ4n) is 2.21. The van der Waals surface area contributed by atoms with Crippen LogP contribution in [-0.2, 0) is 9.84 Å². The highest BCUT2D eigenvalue weighted by Gasteiger charge is 2.35. The summed E-state index contributed by atoms with van der Waals surface area (Å²) in [5.74, 6) is 2.52. The van der Waals surface area contributed by atoms with Gasteiger partial charge in [-0.2, -0.15) is 0 Å². The zero-order valence-corrected chi connectivity index (χ0v) is 10.4. The molecule has 0 aromatic heterocycles. The number of alkyl halides is 1. The van der Waals surface area contributed by atoms with Crippen molar-refractivity contribution in [2.75, 3.05) is 17.4 Å². The highest BCUT2D eigenvalue weighted by Crippen LogP contribution is 2.32. The van der Waals surface area contributed by atoms with E-state index in [4.69, 9.17) is 11.6 Å². The molecule has 1 aliphatic rings. The van der Waals surface area contributed by atoms with Crippen molar-refractivity contribution in [2.24, 2.45) is 17.8 Å². The number of sulfone groups is 1. The molecule has 0 spiro atoms. The summed E-state index contributed by atoms with van der Waals surface area (Å²) >= 11 is 5.92. The van der Waals surface area contributed by atoms with Gasteiger partial charge in [0.15, 0.2) is 9.84 Å². The fourth-order valence-corrected chi connectivity index (χ4v) is 4.66. The Morgan fingerprint density at radius 1 is 1.50 bits per heavy atom. The first-order valence-corrected chi connectivity index (χ1v) is 7.62. The van der Waals surface area contributed by atoms with Crippen molar-refractivity contribution in [1.29, 1.82) is 0 Å². The Bertz CT molecular complexity index is 274. The van der Waals surface area contributed by atoms with Gasteiger partial charge in [-0.1, -0.05) is 20.3 Å². The van der Waals surface area contributed by atoms with Gasteiger partial charge in [0.1, 0.15) is 0 Å². The van der Waals surface area contributed by atoms with Gasteiger partial charge in [-0.25, -0.2) is 8.42 Å². The van der Waals surface area contributed by atoms with Crippen LogP contribution in [-0.4, -0.2) is 25.8 Å². The van der Waals surface area contributed by atoms with E-state index in [1.54, 1.807) is 0 Å². The SMILES string of the molecule is CCC(C)C(CCl)C1CCS(=O)(=O)C1. The van der Waals surface area contributed by atoms with Crippen LogP contribution in [0.25, 0.3) is 0 Å². The molecule has 2 nitrogen and oxygen atoms in total. The quantitative estimate of drug-likeness (QED) is 0.705. The molecule has 0 aliphatic carbocycles. The van der Waals surface area contributed by atoms with Gasteiger partial charge in [-0.05, 0) is 24.2 Å². The van der Waals surface area contributed by atoms with Gasteiger partial charge in [-0.15, -0.1) is 11.6 Å². The van der Waals surface area contributed by atoms with Crippen molar-refractivity contribution < 1.29 is 8.42 Å². The van der Waals surface area contributed by atoms with Crippen LogP contribution in [0.5, 0.6) is 0 Å². The molecule has 1 fully saturated rings. The van der Waals surface area contributed by atoms with E-state index in [0.717, 1.165) is 12.8 Å². The van der Waals surface area contributed by atoms with Gasteiger partial charge >= 0.3 is 0 Å². The summed E-state index contributed by atoms with van der Waals surface area (Å²) in [5.41, 5.74) is 0. The van der Waals surface area contributed by atoms with Crippen molar-refractivity contribution in [3.8, 4) is 0 Å². The molecule has 1 rings (SSSR count). The first-order valence-electron chi connectivity index (χ1n) is 5.26. The van der Waals surface area contributed by atoms with Crippen LogP contribution in [0.2, 0.25) is 0 Å². The molecule has 0 aromatic carbocycles. The van der Waals surface area contributed by atoms with Crippen molar-refractivity contribution in [1.82, 2.24) is 0 Å². The van der Waals surface area contributed by atoms with E-state index in [0.29, 0.717) is 35.1 Å². The molecule has 84 valence electrons. The predicted octanol–water partition coefficient (Wildman–Crippen LogP) is 2.32. The van der Waals surface area contributed by atoms with E-state index in [1.807, 2.05) is 0 Å². The van der Waals surface area contributed by atoms with Crippen molar-refractivity contribution >= 4 is 21.4 Å². The lowest BCUT2D eigenvalue weighted by Crippen LogP contribution is -2.24. The Morgan fingerprint density at radius 2 is 2.14 bits per heavy atom. The van der Waals surface area contributed by atoms with Gasteiger partial charge < -0.3 is 0 Å². The predicted molar refractivity (Wildman–Crippen MR) is 60.4 cm³/mol. The standard InChI is InChI=1S/C10H19ClO2S/c1-3-8(2)10(6-11)9-4-5-14(12,13)7-9/h8-10H,3-7H2,1-2H3. The maximum Gasteiger partial charge on any atom is 0.150 e. The largest absolute Gasteiger partial charge is 0.229 e. The third kappa shape index (κ3) is 2.86. The lowest BCUT2D eigenvalue weighted by atomic mass is 9.82. The third-order valence-corrected chi connectivity index (χ3v) is 5.58. The summed E-state index contributed by atoms with van der Waals surface area (Å²) in [6.45, 7) is 4.30. The lowest BCUT2D eigenvalue weighted by Gasteiger charge is -2.25. The van der Waals surface area contributed by atoms with E-state index >= 15 is 0 Å².